The van der Waals surface area contributed by atoms with Crippen LogP contribution in [0.3, 0.4) is 0 Å². The molecule has 0 radical (unpaired) electrons. The van der Waals surface area contributed by atoms with Gasteiger partial charge in [-0.05, 0) is 31.1 Å². The number of aliphatic carboxylic acids is 1. The van der Waals surface area contributed by atoms with Crippen molar-refractivity contribution >= 4 is 11.9 Å². The van der Waals surface area contributed by atoms with Gasteiger partial charge in [0.05, 0.1) is 6.42 Å². The number of carboxylic acid groups (broad SMARTS) is 1. The average molecular weight is 265 g/mol. The van der Waals surface area contributed by atoms with E-state index < -0.39 is 5.97 Å². The molecule has 0 heterocycles. The lowest BCUT2D eigenvalue weighted by Gasteiger charge is -2.36. The van der Waals surface area contributed by atoms with Crippen LogP contribution in [-0.4, -0.2) is 23.5 Å². The molecule has 1 fully saturated rings. The van der Waals surface area contributed by atoms with Crippen molar-refractivity contribution in [3.63, 3.8) is 0 Å². The molecule has 2 aliphatic carbocycles. The lowest BCUT2D eigenvalue weighted by molar-refractivity contribution is -0.141. The predicted molar refractivity (Wildman–Crippen MR) is 72.6 cm³/mol. The number of carbonyl (C=O) groups is 2. The van der Waals surface area contributed by atoms with E-state index in [0.29, 0.717) is 6.54 Å². The van der Waals surface area contributed by atoms with Gasteiger partial charge in [-0.25, -0.2) is 0 Å². The van der Waals surface area contributed by atoms with Gasteiger partial charge in [0.2, 0.25) is 5.91 Å². The highest BCUT2D eigenvalue weighted by atomic mass is 16.4. The summed E-state index contributed by atoms with van der Waals surface area (Å²) in [6, 6.07) is 0. The molecule has 1 saturated carbocycles. The average Bonchev–Trinajstić information content (AvgIpc) is 2.90. The lowest BCUT2D eigenvalue weighted by Crippen LogP contribution is -2.42. The third kappa shape index (κ3) is 3.82. The molecule has 1 amide bonds. The Morgan fingerprint density at radius 1 is 1.16 bits per heavy atom. The van der Waals surface area contributed by atoms with Gasteiger partial charge >= 0.3 is 5.97 Å². The van der Waals surface area contributed by atoms with Crippen molar-refractivity contribution in [1.29, 1.82) is 0 Å². The van der Waals surface area contributed by atoms with Crippen LogP contribution in [0.1, 0.15) is 51.4 Å². The second-order valence-corrected chi connectivity index (χ2v) is 5.99. The van der Waals surface area contributed by atoms with Gasteiger partial charge < -0.3 is 10.4 Å². The van der Waals surface area contributed by atoms with Gasteiger partial charge in [0, 0.05) is 12.5 Å². The second-order valence-electron chi connectivity index (χ2n) is 5.99. The van der Waals surface area contributed by atoms with E-state index in [0.717, 1.165) is 38.5 Å². The molecule has 0 aromatic carbocycles. The number of carboxylic acids is 1. The van der Waals surface area contributed by atoms with Crippen LogP contribution >= 0.6 is 0 Å². The summed E-state index contributed by atoms with van der Waals surface area (Å²) >= 11 is 0. The Labute approximate surface area is 114 Å². The molecule has 106 valence electrons. The standard InChI is InChI=1S/C15H23NO3/c17-13(18)10-15(8-4-1-5-9-15)11-16-14(19)12-6-2-3-7-12/h2-3,12H,1,4-11H2,(H,16,19)(H,17,18). The van der Waals surface area contributed by atoms with Crippen LogP contribution in [0.5, 0.6) is 0 Å². The molecular weight excluding hydrogens is 242 g/mol. The SMILES string of the molecule is O=C(O)CC1(CNC(=O)C2CC=CC2)CCCCC1. The molecule has 4 heteroatoms. The molecule has 4 nitrogen and oxygen atoms in total. The minimum atomic E-state index is -0.751. The van der Waals surface area contributed by atoms with Crippen LogP contribution in [0.2, 0.25) is 0 Å². The maximum atomic E-state index is 12.0. The van der Waals surface area contributed by atoms with Gasteiger partial charge in [-0.15, -0.1) is 0 Å². The summed E-state index contributed by atoms with van der Waals surface area (Å²) in [5, 5.41) is 12.1. The molecule has 2 aliphatic rings. The Balaban J connectivity index is 1.88. The molecule has 2 rings (SSSR count). The maximum Gasteiger partial charge on any atom is 0.303 e. The van der Waals surface area contributed by atoms with Gasteiger partial charge in [-0.2, -0.15) is 0 Å². The molecule has 0 aliphatic heterocycles. The second kappa shape index (κ2) is 6.22. The zero-order valence-electron chi connectivity index (χ0n) is 11.4. The fourth-order valence-electron chi connectivity index (χ4n) is 3.29. The number of hydrogen-bond acceptors (Lipinski definition) is 2. The van der Waals surface area contributed by atoms with E-state index >= 15 is 0 Å². The molecule has 0 bridgehead atoms. The zero-order valence-corrected chi connectivity index (χ0v) is 11.4. The van der Waals surface area contributed by atoms with Crippen LogP contribution in [-0.2, 0) is 9.59 Å². The van der Waals surface area contributed by atoms with Gasteiger partial charge in [0.15, 0.2) is 0 Å². The van der Waals surface area contributed by atoms with Gasteiger partial charge in [0.1, 0.15) is 0 Å². The summed E-state index contributed by atoms with van der Waals surface area (Å²) in [5.41, 5.74) is -0.216. The molecule has 0 unspecified atom stereocenters. The molecule has 0 spiro atoms. The summed E-state index contributed by atoms with van der Waals surface area (Å²) < 4.78 is 0. The maximum absolute atomic E-state index is 12.0. The van der Waals surface area contributed by atoms with E-state index in [4.69, 9.17) is 5.11 Å². The highest BCUT2D eigenvalue weighted by molar-refractivity contribution is 5.79. The van der Waals surface area contributed by atoms with E-state index in [-0.39, 0.29) is 23.7 Å². The minimum absolute atomic E-state index is 0.0606. The van der Waals surface area contributed by atoms with Crippen LogP contribution < -0.4 is 5.32 Å². The summed E-state index contributed by atoms with van der Waals surface area (Å²) in [7, 11) is 0. The Bertz CT molecular complexity index is 362. The summed E-state index contributed by atoms with van der Waals surface area (Å²) in [5.74, 6) is -0.607. The van der Waals surface area contributed by atoms with E-state index in [1.165, 1.54) is 6.42 Å². The smallest absolute Gasteiger partial charge is 0.303 e. The normalized spacial score (nSPS) is 22.3. The first-order valence-corrected chi connectivity index (χ1v) is 7.26. The van der Waals surface area contributed by atoms with E-state index in [1.807, 2.05) is 12.2 Å². The molecule has 0 atom stereocenters. The quantitative estimate of drug-likeness (QED) is 0.750. The number of amides is 1. The summed E-state index contributed by atoms with van der Waals surface area (Å²) in [6.07, 6.45) is 11.1. The minimum Gasteiger partial charge on any atom is -0.481 e. The van der Waals surface area contributed by atoms with Crippen LogP contribution in [0, 0.1) is 11.3 Å². The number of rotatable bonds is 5. The highest BCUT2D eigenvalue weighted by Gasteiger charge is 2.35. The van der Waals surface area contributed by atoms with Crippen molar-refractivity contribution in [2.75, 3.05) is 6.54 Å². The number of allylic oxidation sites excluding steroid dienone is 2. The largest absolute Gasteiger partial charge is 0.481 e. The highest BCUT2D eigenvalue weighted by Crippen LogP contribution is 2.38. The van der Waals surface area contributed by atoms with E-state index in [9.17, 15) is 9.59 Å². The molecule has 0 saturated heterocycles. The van der Waals surface area contributed by atoms with Crippen LogP contribution in [0.4, 0.5) is 0 Å². The third-order valence-corrected chi connectivity index (χ3v) is 4.46. The van der Waals surface area contributed by atoms with Crippen molar-refractivity contribution in [2.45, 2.75) is 51.4 Å². The van der Waals surface area contributed by atoms with E-state index in [2.05, 4.69) is 5.32 Å². The zero-order chi connectivity index (χ0) is 13.7. The van der Waals surface area contributed by atoms with Crippen molar-refractivity contribution in [3.8, 4) is 0 Å². The fourth-order valence-corrected chi connectivity index (χ4v) is 3.29. The molecular formula is C15H23NO3. The molecule has 19 heavy (non-hydrogen) atoms. The number of nitrogens with one attached hydrogen (secondary N) is 1. The first-order valence-electron chi connectivity index (χ1n) is 7.26. The van der Waals surface area contributed by atoms with Crippen molar-refractivity contribution in [3.05, 3.63) is 12.2 Å². The Morgan fingerprint density at radius 2 is 1.79 bits per heavy atom. The monoisotopic (exact) mass is 265 g/mol. The van der Waals surface area contributed by atoms with Gasteiger partial charge in [-0.1, -0.05) is 31.4 Å². The van der Waals surface area contributed by atoms with E-state index in [1.54, 1.807) is 0 Å². The van der Waals surface area contributed by atoms with Gasteiger partial charge in [-0.3, -0.25) is 9.59 Å². The topological polar surface area (TPSA) is 66.4 Å². The molecule has 0 aromatic heterocycles. The fraction of sp³-hybridized carbons (Fsp3) is 0.733. The van der Waals surface area contributed by atoms with Gasteiger partial charge in [0.25, 0.3) is 0 Å². The van der Waals surface area contributed by atoms with Crippen LogP contribution in [0.25, 0.3) is 0 Å². The Kier molecular flexibility index (Phi) is 4.61. The first kappa shape index (κ1) is 14.1. The van der Waals surface area contributed by atoms with Crippen LogP contribution in [0.15, 0.2) is 12.2 Å². The summed E-state index contributed by atoms with van der Waals surface area (Å²) in [6.45, 7) is 0.522. The first-order chi connectivity index (χ1) is 9.11. The van der Waals surface area contributed by atoms with Crippen molar-refractivity contribution in [1.82, 2.24) is 5.32 Å². The molecule has 2 N–H and O–H groups in total. The Hall–Kier alpha value is -1.32. The molecule has 0 aromatic rings. The van der Waals surface area contributed by atoms with Crippen molar-refractivity contribution < 1.29 is 14.7 Å². The number of carbonyl (C=O) groups excluding carboxylic acids is 1. The summed E-state index contributed by atoms with van der Waals surface area (Å²) in [4.78, 5) is 23.1. The third-order valence-electron chi connectivity index (χ3n) is 4.46. The lowest BCUT2D eigenvalue weighted by atomic mass is 9.71. The van der Waals surface area contributed by atoms with Crippen molar-refractivity contribution in [2.24, 2.45) is 11.3 Å². The predicted octanol–water partition coefficient (Wildman–Crippen LogP) is 2.49. The Morgan fingerprint density at radius 3 is 2.37 bits per heavy atom. The number of hydrogen-bond donors (Lipinski definition) is 2.